The van der Waals surface area contributed by atoms with E-state index in [1.165, 1.54) is 77.5 Å². The summed E-state index contributed by atoms with van der Waals surface area (Å²) in [4.78, 5) is 0. The van der Waals surface area contributed by atoms with Crippen LogP contribution in [0.2, 0.25) is 0 Å². The third-order valence-electron chi connectivity index (χ3n) is 10.8. The summed E-state index contributed by atoms with van der Waals surface area (Å²) in [6.07, 6.45) is 27.9. The van der Waals surface area contributed by atoms with E-state index in [9.17, 15) is 10.2 Å². The van der Waals surface area contributed by atoms with E-state index in [-0.39, 0.29) is 47.2 Å². The number of hydrogen-bond donors (Lipinski definition) is 2. The molecule has 0 aromatic rings. The summed E-state index contributed by atoms with van der Waals surface area (Å²) in [6.45, 7) is 22.8. The Labute approximate surface area is 258 Å². The molecule has 0 aliphatic heterocycles. The third kappa shape index (κ3) is 7.86. The lowest BCUT2D eigenvalue weighted by Crippen LogP contribution is -2.44. The zero-order chi connectivity index (χ0) is 31.3. The monoisotopic (exact) mass is 572 g/mol. The minimum Gasteiger partial charge on any atom is -0.396 e. The maximum absolute atomic E-state index is 10.6. The lowest BCUT2D eigenvalue weighted by atomic mass is 9.58. The average molecular weight is 573 g/mol. The molecule has 2 N–H and O–H groups in total. The van der Waals surface area contributed by atoms with Gasteiger partial charge in [-0.05, 0) is 95.1 Å². The fourth-order valence-corrected chi connectivity index (χ4v) is 7.89. The van der Waals surface area contributed by atoms with Gasteiger partial charge in [-0.3, -0.25) is 0 Å². The highest BCUT2D eigenvalue weighted by Crippen LogP contribution is 2.49. The number of aliphatic hydroxyl groups excluding tert-OH is 2. The normalized spacial score (nSPS) is 31.1. The van der Waals surface area contributed by atoms with Gasteiger partial charge in [0.2, 0.25) is 0 Å². The summed E-state index contributed by atoms with van der Waals surface area (Å²) in [6, 6.07) is 0. The van der Waals surface area contributed by atoms with Crippen molar-refractivity contribution in [2.75, 3.05) is 13.2 Å². The fraction of sp³-hybridized carbons (Fsp3) is 0.600. The van der Waals surface area contributed by atoms with Crippen molar-refractivity contribution in [3.8, 4) is 0 Å². The van der Waals surface area contributed by atoms with E-state index < -0.39 is 0 Å². The van der Waals surface area contributed by atoms with Gasteiger partial charge in [0.25, 0.3) is 0 Å². The Hall–Kier alpha value is -2.16. The summed E-state index contributed by atoms with van der Waals surface area (Å²) < 4.78 is 0. The van der Waals surface area contributed by atoms with Crippen molar-refractivity contribution in [2.45, 2.75) is 108 Å². The van der Waals surface area contributed by atoms with Gasteiger partial charge in [-0.15, -0.1) is 0 Å². The quantitative estimate of drug-likeness (QED) is 0.213. The molecular weight excluding hydrogens is 512 g/mol. The molecular formula is C40H60O2. The molecule has 0 radical (unpaired) electrons. The fourth-order valence-electron chi connectivity index (χ4n) is 7.89. The molecule has 0 amide bonds. The second-order valence-corrected chi connectivity index (χ2v) is 15.1. The van der Waals surface area contributed by atoms with Crippen molar-refractivity contribution in [3.63, 3.8) is 0 Å². The van der Waals surface area contributed by atoms with Gasteiger partial charge in [0.05, 0.1) is 0 Å². The molecule has 0 saturated carbocycles. The molecule has 3 aliphatic rings. The summed E-state index contributed by atoms with van der Waals surface area (Å²) in [5.74, 6) is 0.00592. The highest BCUT2D eigenvalue weighted by molar-refractivity contribution is 5.39. The average Bonchev–Trinajstić information content (AvgIpc) is 2.89. The van der Waals surface area contributed by atoms with Crippen LogP contribution < -0.4 is 0 Å². The Balaban J connectivity index is 1.93. The minimum atomic E-state index is -0.332. The number of rotatable bonds is 9. The van der Waals surface area contributed by atoms with Gasteiger partial charge in [-0.1, -0.05) is 117 Å². The van der Waals surface area contributed by atoms with Gasteiger partial charge in [-0.25, -0.2) is 0 Å². The van der Waals surface area contributed by atoms with Crippen LogP contribution in [0, 0.1) is 34.0 Å². The molecule has 4 unspecified atom stereocenters. The first-order valence-electron chi connectivity index (χ1n) is 16.4. The topological polar surface area (TPSA) is 40.5 Å². The van der Waals surface area contributed by atoms with E-state index in [1.807, 2.05) is 0 Å². The molecule has 3 aliphatic carbocycles. The van der Waals surface area contributed by atoms with Crippen LogP contribution in [0.4, 0.5) is 0 Å². The first-order chi connectivity index (χ1) is 19.7. The molecule has 232 valence electrons. The Morgan fingerprint density at radius 2 is 1.33 bits per heavy atom. The van der Waals surface area contributed by atoms with E-state index in [2.05, 4.69) is 124 Å². The van der Waals surface area contributed by atoms with E-state index in [0.717, 1.165) is 0 Å². The Bertz CT molecular complexity index is 1220. The molecule has 2 heteroatoms. The SMILES string of the molecule is CC(C=CC1=C(C)CCCC1(C)C)=CC=CC1(C)C(C=C(C)C=CC2=C(C)CCCC2(C)C)C=C(C)C(CO)C1CO. The van der Waals surface area contributed by atoms with Crippen LogP contribution >= 0.6 is 0 Å². The number of aliphatic hydroxyl groups is 2. The molecule has 0 heterocycles. The maximum Gasteiger partial charge on any atom is 0.0500 e. The molecule has 0 saturated heterocycles. The van der Waals surface area contributed by atoms with Crippen molar-refractivity contribution in [3.05, 3.63) is 93.7 Å². The Morgan fingerprint density at radius 1 is 0.810 bits per heavy atom. The molecule has 2 nitrogen and oxygen atoms in total. The molecule has 0 fully saturated rings. The predicted octanol–water partition coefficient (Wildman–Crippen LogP) is 10.4. The van der Waals surface area contributed by atoms with Crippen molar-refractivity contribution in [2.24, 2.45) is 34.0 Å². The second kappa shape index (κ2) is 14.1. The summed E-state index contributed by atoms with van der Waals surface area (Å²) >= 11 is 0. The Kier molecular flexibility index (Phi) is 11.5. The zero-order valence-electron chi connectivity index (χ0n) is 28.5. The van der Waals surface area contributed by atoms with Crippen LogP contribution in [-0.2, 0) is 0 Å². The highest BCUT2D eigenvalue weighted by Gasteiger charge is 2.45. The van der Waals surface area contributed by atoms with E-state index in [4.69, 9.17) is 0 Å². The summed E-state index contributed by atoms with van der Waals surface area (Å²) in [7, 11) is 0. The molecule has 0 aromatic heterocycles. The number of hydrogen-bond acceptors (Lipinski definition) is 2. The first kappa shape index (κ1) is 34.3. The highest BCUT2D eigenvalue weighted by atomic mass is 16.3. The van der Waals surface area contributed by atoms with Crippen molar-refractivity contribution < 1.29 is 10.2 Å². The van der Waals surface area contributed by atoms with Gasteiger partial charge in [0.15, 0.2) is 0 Å². The zero-order valence-corrected chi connectivity index (χ0v) is 28.5. The van der Waals surface area contributed by atoms with Crippen LogP contribution in [0.25, 0.3) is 0 Å². The van der Waals surface area contributed by atoms with Crippen molar-refractivity contribution in [1.29, 1.82) is 0 Å². The van der Waals surface area contributed by atoms with Crippen LogP contribution in [0.5, 0.6) is 0 Å². The molecule has 0 aromatic carbocycles. The van der Waals surface area contributed by atoms with Crippen LogP contribution in [0.1, 0.15) is 108 Å². The second-order valence-electron chi connectivity index (χ2n) is 15.1. The first-order valence-corrected chi connectivity index (χ1v) is 16.4. The third-order valence-corrected chi connectivity index (χ3v) is 10.8. The van der Waals surface area contributed by atoms with Crippen LogP contribution in [0.3, 0.4) is 0 Å². The van der Waals surface area contributed by atoms with Gasteiger partial charge in [0, 0.05) is 36.4 Å². The lowest BCUT2D eigenvalue weighted by molar-refractivity contribution is 0.0443. The van der Waals surface area contributed by atoms with Gasteiger partial charge in [0.1, 0.15) is 0 Å². The minimum absolute atomic E-state index is 0.0435. The standard InChI is InChI=1S/C40H60O2/c1-28(17-19-35-30(3)15-12-21-38(35,6)7)14-11-23-40(10)33(25-32(5)34(26-41)37(40)27-42)24-29(2)18-20-36-31(4)16-13-22-39(36,8)9/h11,14,17-20,23-25,33-34,37,41-42H,12-13,15-16,21-22,26-27H2,1-10H3. The molecule has 0 spiro atoms. The van der Waals surface area contributed by atoms with Gasteiger partial charge < -0.3 is 10.2 Å². The van der Waals surface area contributed by atoms with Crippen LogP contribution in [-0.4, -0.2) is 23.4 Å². The van der Waals surface area contributed by atoms with Crippen molar-refractivity contribution in [1.82, 2.24) is 0 Å². The van der Waals surface area contributed by atoms with Gasteiger partial charge in [-0.2, -0.15) is 0 Å². The number of allylic oxidation sites excluding steroid dienone is 15. The largest absolute Gasteiger partial charge is 0.396 e. The van der Waals surface area contributed by atoms with Crippen molar-refractivity contribution >= 4 is 0 Å². The summed E-state index contributed by atoms with van der Waals surface area (Å²) in [5.41, 5.74) is 9.71. The maximum atomic E-state index is 10.6. The lowest BCUT2D eigenvalue weighted by Gasteiger charge is -2.47. The molecule has 3 rings (SSSR count). The molecule has 4 atom stereocenters. The Morgan fingerprint density at radius 3 is 1.81 bits per heavy atom. The van der Waals surface area contributed by atoms with E-state index >= 15 is 0 Å². The molecule has 0 bridgehead atoms. The molecule has 42 heavy (non-hydrogen) atoms. The van der Waals surface area contributed by atoms with Gasteiger partial charge >= 0.3 is 0 Å². The van der Waals surface area contributed by atoms with Crippen LogP contribution in [0.15, 0.2) is 93.7 Å². The smallest absolute Gasteiger partial charge is 0.0500 e. The summed E-state index contributed by atoms with van der Waals surface area (Å²) in [5, 5.41) is 20.9. The predicted molar refractivity (Wildman–Crippen MR) is 182 cm³/mol. The van der Waals surface area contributed by atoms with E-state index in [0.29, 0.717) is 0 Å². The van der Waals surface area contributed by atoms with E-state index in [1.54, 1.807) is 0 Å².